The number of aromatic nitrogens is 1. The molecule has 0 fully saturated rings. The first kappa shape index (κ1) is 16.5. The number of benzene rings is 1. The van der Waals surface area contributed by atoms with E-state index in [-0.39, 0.29) is 0 Å². The molecule has 0 saturated carbocycles. The Morgan fingerprint density at radius 2 is 1.78 bits per heavy atom. The first-order valence-corrected chi connectivity index (χ1v) is 7.30. The fourth-order valence-electron chi connectivity index (χ4n) is 2.01. The van der Waals surface area contributed by atoms with Crippen molar-refractivity contribution in [3.63, 3.8) is 0 Å². The molecule has 0 unspecified atom stereocenters. The lowest BCUT2D eigenvalue weighted by atomic mass is 10.3. The molecule has 0 saturated heterocycles. The molecule has 2 amide bonds. The second kappa shape index (κ2) is 7.93. The molecule has 23 heavy (non-hydrogen) atoms. The number of nitrogens with one attached hydrogen (secondary N) is 1. The number of para-hydroxylation sites is 1. The van der Waals surface area contributed by atoms with Gasteiger partial charge < -0.3 is 15.1 Å². The van der Waals surface area contributed by atoms with Crippen LogP contribution < -0.4 is 10.2 Å². The fourth-order valence-corrected chi connectivity index (χ4v) is 2.01. The Hall–Kier alpha value is -2.89. The van der Waals surface area contributed by atoms with Crippen LogP contribution in [-0.4, -0.2) is 48.9 Å². The van der Waals surface area contributed by atoms with Crippen LogP contribution in [-0.2, 0) is 9.59 Å². The molecule has 1 heterocycles. The summed E-state index contributed by atoms with van der Waals surface area (Å²) in [7, 11) is 3.56. The zero-order valence-electron chi connectivity index (χ0n) is 13.3. The fraction of sp³-hybridized carbons (Fsp3) is 0.235. The van der Waals surface area contributed by atoms with E-state index in [4.69, 9.17) is 0 Å². The lowest BCUT2D eigenvalue weighted by Gasteiger charge is -2.23. The number of amides is 2. The van der Waals surface area contributed by atoms with Gasteiger partial charge in [0, 0.05) is 39.1 Å². The zero-order valence-corrected chi connectivity index (χ0v) is 13.3. The summed E-state index contributed by atoms with van der Waals surface area (Å²) in [5.41, 5.74) is 1.56. The van der Waals surface area contributed by atoms with Crippen LogP contribution in [0.4, 0.5) is 11.4 Å². The maximum Gasteiger partial charge on any atom is 0.313 e. The molecule has 2 rings (SSSR count). The van der Waals surface area contributed by atoms with Crippen LogP contribution in [0.5, 0.6) is 0 Å². The molecule has 0 bridgehead atoms. The predicted octanol–water partition coefficient (Wildman–Crippen LogP) is 1.61. The van der Waals surface area contributed by atoms with E-state index in [1.807, 2.05) is 42.3 Å². The summed E-state index contributed by atoms with van der Waals surface area (Å²) in [6.07, 6.45) is 3.09. The molecule has 0 aliphatic heterocycles. The van der Waals surface area contributed by atoms with Crippen LogP contribution in [0.2, 0.25) is 0 Å². The van der Waals surface area contributed by atoms with Gasteiger partial charge in [0.15, 0.2) is 0 Å². The number of pyridine rings is 1. The Morgan fingerprint density at radius 1 is 1.04 bits per heavy atom. The third-order valence-corrected chi connectivity index (χ3v) is 3.43. The van der Waals surface area contributed by atoms with E-state index >= 15 is 0 Å². The van der Waals surface area contributed by atoms with Gasteiger partial charge in [-0.3, -0.25) is 14.6 Å². The SMILES string of the molecule is CN(CCN(C)c1ccccc1)C(=O)C(=O)Nc1cccnc1. The van der Waals surface area contributed by atoms with Crippen molar-refractivity contribution >= 4 is 23.2 Å². The molecule has 6 nitrogen and oxygen atoms in total. The van der Waals surface area contributed by atoms with Gasteiger partial charge in [0.2, 0.25) is 0 Å². The van der Waals surface area contributed by atoms with E-state index in [2.05, 4.69) is 10.3 Å². The van der Waals surface area contributed by atoms with Crippen molar-refractivity contribution in [2.24, 2.45) is 0 Å². The molecule has 0 spiro atoms. The van der Waals surface area contributed by atoms with Gasteiger partial charge >= 0.3 is 11.8 Å². The molecular formula is C17H20N4O2. The summed E-state index contributed by atoms with van der Waals surface area (Å²) < 4.78 is 0. The molecule has 1 N–H and O–H groups in total. The van der Waals surface area contributed by atoms with E-state index in [1.165, 1.54) is 11.1 Å². The molecule has 120 valence electrons. The van der Waals surface area contributed by atoms with E-state index in [1.54, 1.807) is 25.4 Å². The van der Waals surface area contributed by atoms with Gasteiger partial charge in [-0.05, 0) is 24.3 Å². The number of nitrogens with zero attached hydrogens (tertiary/aromatic N) is 3. The number of hydrogen-bond donors (Lipinski definition) is 1. The standard InChI is InChI=1S/C17H20N4O2/c1-20(15-8-4-3-5-9-15)11-12-21(2)17(23)16(22)19-14-7-6-10-18-13-14/h3-10,13H,11-12H2,1-2H3,(H,19,22). The first-order chi connectivity index (χ1) is 11.1. The van der Waals surface area contributed by atoms with Gasteiger partial charge in [0.25, 0.3) is 0 Å². The van der Waals surface area contributed by atoms with Crippen molar-refractivity contribution in [1.82, 2.24) is 9.88 Å². The number of carbonyl (C=O) groups is 2. The molecule has 6 heteroatoms. The zero-order chi connectivity index (χ0) is 16.7. The molecule has 2 aromatic rings. The van der Waals surface area contributed by atoms with Gasteiger partial charge in [-0.25, -0.2) is 0 Å². The number of rotatable bonds is 5. The highest BCUT2D eigenvalue weighted by Crippen LogP contribution is 2.10. The van der Waals surface area contributed by atoms with E-state index in [0.29, 0.717) is 18.8 Å². The van der Waals surface area contributed by atoms with Crippen molar-refractivity contribution < 1.29 is 9.59 Å². The Kier molecular flexibility index (Phi) is 5.68. The number of hydrogen-bond acceptors (Lipinski definition) is 4. The lowest BCUT2D eigenvalue weighted by molar-refractivity contribution is -0.142. The third kappa shape index (κ3) is 4.81. The highest BCUT2D eigenvalue weighted by Gasteiger charge is 2.19. The summed E-state index contributed by atoms with van der Waals surface area (Å²) in [5, 5.41) is 2.54. The average Bonchev–Trinajstić information content (AvgIpc) is 2.60. The second-order valence-corrected chi connectivity index (χ2v) is 5.18. The Balaban J connectivity index is 1.84. The Morgan fingerprint density at radius 3 is 2.43 bits per heavy atom. The van der Waals surface area contributed by atoms with E-state index in [9.17, 15) is 9.59 Å². The minimum atomic E-state index is -0.664. The molecular weight excluding hydrogens is 292 g/mol. The maximum absolute atomic E-state index is 12.1. The van der Waals surface area contributed by atoms with Crippen molar-refractivity contribution in [1.29, 1.82) is 0 Å². The van der Waals surface area contributed by atoms with E-state index in [0.717, 1.165) is 5.69 Å². The first-order valence-electron chi connectivity index (χ1n) is 7.30. The van der Waals surface area contributed by atoms with Crippen LogP contribution >= 0.6 is 0 Å². The summed E-state index contributed by atoms with van der Waals surface area (Å²) in [5.74, 6) is -1.24. The van der Waals surface area contributed by atoms with Gasteiger partial charge in [0.1, 0.15) is 0 Å². The second-order valence-electron chi connectivity index (χ2n) is 5.18. The average molecular weight is 312 g/mol. The van der Waals surface area contributed by atoms with Crippen LogP contribution in [0.25, 0.3) is 0 Å². The summed E-state index contributed by atoms with van der Waals surface area (Å²) in [4.78, 5) is 31.3. The largest absolute Gasteiger partial charge is 0.373 e. The van der Waals surface area contributed by atoms with Crippen molar-refractivity contribution in [2.45, 2.75) is 0 Å². The topological polar surface area (TPSA) is 65.5 Å². The van der Waals surface area contributed by atoms with Crippen molar-refractivity contribution in [2.75, 3.05) is 37.4 Å². The molecule has 1 aromatic carbocycles. The Bertz CT molecular complexity index is 646. The van der Waals surface area contributed by atoms with Crippen molar-refractivity contribution in [3.05, 3.63) is 54.9 Å². The number of carbonyl (C=O) groups excluding carboxylic acids is 2. The van der Waals surface area contributed by atoms with Gasteiger partial charge in [-0.1, -0.05) is 18.2 Å². The Labute approximate surface area is 135 Å². The number of likely N-dealkylation sites (N-methyl/N-ethyl adjacent to an activating group) is 2. The highest BCUT2D eigenvalue weighted by atomic mass is 16.2. The molecule has 0 aliphatic carbocycles. The van der Waals surface area contributed by atoms with Crippen LogP contribution in [0.1, 0.15) is 0 Å². The monoisotopic (exact) mass is 312 g/mol. The van der Waals surface area contributed by atoms with Crippen LogP contribution in [0, 0.1) is 0 Å². The molecule has 0 atom stereocenters. The van der Waals surface area contributed by atoms with Crippen LogP contribution in [0.3, 0.4) is 0 Å². The third-order valence-electron chi connectivity index (χ3n) is 3.43. The smallest absolute Gasteiger partial charge is 0.313 e. The quantitative estimate of drug-likeness (QED) is 0.852. The van der Waals surface area contributed by atoms with Gasteiger partial charge in [0.05, 0.1) is 11.9 Å². The summed E-state index contributed by atoms with van der Waals surface area (Å²) in [6.45, 7) is 1.08. The van der Waals surface area contributed by atoms with Gasteiger partial charge in [-0.15, -0.1) is 0 Å². The summed E-state index contributed by atoms with van der Waals surface area (Å²) in [6, 6.07) is 13.2. The summed E-state index contributed by atoms with van der Waals surface area (Å²) >= 11 is 0. The minimum Gasteiger partial charge on any atom is -0.373 e. The molecule has 0 aliphatic rings. The number of anilines is 2. The van der Waals surface area contributed by atoms with Gasteiger partial charge in [-0.2, -0.15) is 0 Å². The predicted molar refractivity (Wildman–Crippen MR) is 90.2 cm³/mol. The molecule has 0 radical (unpaired) electrons. The van der Waals surface area contributed by atoms with E-state index < -0.39 is 11.8 Å². The lowest BCUT2D eigenvalue weighted by Crippen LogP contribution is -2.40. The van der Waals surface area contributed by atoms with Crippen LogP contribution in [0.15, 0.2) is 54.9 Å². The normalized spacial score (nSPS) is 10.0. The minimum absolute atomic E-state index is 0.449. The molecule has 1 aromatic heterocycles. The maximum atomic E-state index is 12.1. The van der Waals surface area contributed by atoms with Crippen molar-refractivity contribution in [3.8, 4) is 0 Å². The highest BCUT2D eigenvalue weighted by molar-refractivity contribution is 6.39.